The molecule has 39 heavy (non-hydrogen) atoms. The van der Waals surface area contributed by atoms with Crippen LogP contribution < -0.4 is 16.7 Å². The van der Waals surface area contributed by atoms with Gasteiger partial charge in [0.15, 0.2) is 0 Å². The molecule has 0 spiro atoms. The Labute approximate surface area is 226 Å². The predicted molar refractivity (Wildman–Crippen MR) is 146 cm³/mol. The van der Waals surface area contributed by atoms with E-state index in [0.717, 1.165) is 28.5 Å². The molecule has 5 rings (SSSR count). The highest BCUT2D eigenvalue weighted by Gasteiger charge is 2.39. The van der Waals surface area contributed by atoms with E-state index in [1.807, 2.05) is 91.0 Å². The number of hydrogen-bond acceptors (Lipinski definition) is 6. The number of nitrogens with zero attached hydrogens (tertiary/aromatic N) is 2. The minimum absolute atomic E-state index is 0.115. The Morgan fingerprint density at radius 3 is 1.74 bits per heavy atom. The number of rotatable bonds is 7. The van der Waals surface area contributed by atoms with Gasteiger partial charge >= 0.3 is 5.69 Å². The van der Waals surface area contributed by atoms with Crippen LogP contribution >= 0.6 is 0 Å². The zero-order valence-corrected chi connectivity index (χ0v) is 21.8. The van der Waals surface area contributed by atoms with Crippen LogP contribution in [0.4, 0.5) is 0 Å². The summed E-state index contributed by atoms with van der Waals surface area (Å²) >= 11 is 0. The molecule has 1 unspecified atom stereocenters. The van der Waals surface area contributed by atoms with Crippen LogP contribution in [0.1, 0.15) is 34.9 Å². The highest BCUT2D eigenvalue weighted by molar-refractivity contribution is 5.52. The van der Waals surface area contributed by atoms with E-state index >= 15 is 0 Å². The first-order valence-electron chi connectivity index (χ1n) is 12.6. The van der Waals surface area contributed by atoms with Gasteiger partial charge in [0, 0.05) is 18.2 Å². The van der Waals surface area contributed by atoms with Crippen molar-refractivity contribution in [1.82, 2.24) is 9.24 Å². The lowest BCUT2D eigenvalue weighted by atomic mass is 9.77. The first-order chi connectivity index (χ1) is 19.0. The van der Waals surface area contributed by atoms with Crippen molar-refractivity contribution in [2.75, 3.05) is 19.1 Å². The van der Waals surface area contributed by atoms with Gasteiger partial charge in [-0.2, -0.15) is 4.68 Å². The van der Waals surface area contributed by atoms with Crippen LogP contribution in [-0.2, 0) is 15.4 Å². The second-order valence-corrected chi connectivity index (χ2v) is 9.22. The van der Waals surface area contributed by atoms with Crippen LogP contribution in [0.25, 0.3) is 0 Å². The Bertz CT molecular complexity index is 1380. The second-order valence-electron chi connectivity index (χ2n) is 9.22. The van der Waals surface area contributed by atoms with Gasteiger partial charge in [-0.25, -0.2) is 9.90 Å². The van der Waals surface area contributed by atoms with Crippen molar-refractivity contribution in [3.63, 3.8) is 0 Å². The number of ether oxygens (including phenoxy) is 1. The van der Waals surface area contributed by atoms with Gasteiger partial charge in [-0.1, -0.05) is 91.0 Å². The number of aryl methyl sites for hydroxylation is 1. The van der Waals surface area contributed by atoms with Gasteiger partial charge in [-0.05, 0) is 23.6 Å². The molecule has 4 aromatic rings. The summed E-state index contributed by atoms with van der Waals surface area (Å²) in [5, 5.41) is 28.0. The number of benzene rings is 3. The van der Waals surface area contributed by atoms with Crippen LogP contribution in [0, 0.1) is 6.92 Å². The summed E-state index contributed by atoms with van der Waals surface area (Å²) in [5.74, 6) is 0. The quantitative estimate of drug-likeness (QED) is 0.316. The Kier molecular flexibility index (Phi) is 8.78. The van der Waals surface area contributed by atoms with E-state index < -0.39 is 35.2 Å². The summed E-state index contributed by atoms with van der Waals surface area (Å²) in [4.78, 5) is 27.3. The molecule has 2 heterocycles. The average molecular weight is 531 g/mol. The number of aliphatic hydroxyl groups excluding tert-OH is 2. The van der Waals surface area contributed by atoms with Crippen LogP contribution in [0.3, 0.4) is 0 Å². The molecule has 9 heteroatoms. The summed E-state index contributed by atoms with van der Waals surface area (Å²) in [6.07, 6.45) is -0.999. The maximum atomic E-state index is 13.8. The molecule has 1 saturated heterocycles. The molecule has 1 fully saturated rings. The van der Waals surface area contributed by atoms with Crippen molar-refractivity contribution in [3.05, 3.63) is 140 Å². The van der Waals surface area contributed by atoms with Crippen molar-refractivity contribution in [1.29, 1.82) is 0 Å². The smallest absolute Gasteiger partial charge is 0.352 e. The third kappa shape index (κ3) is 5.30. The van der Waals surface area contributed by atoms with Crippen molar-refractivity contribution >= 4 is 0 Å². The highest BCUT2D eigenvalue weighted by atomic mass is 16.5. The van der Waals surface area contributed by atoms with E-state index in [1.54, 1.807) is 6.92 Å². The summed E-state index contributed by atoms with van der Waals surface area (Å²) in [5.41, 5.74) is 3.91. The van der Waals surface area contributed by atoms with Gasteiger partial charge in [0.2, 0.25) is 0 Å². The molecule has 1 aromatic heterocycles. The first kappa shape index (κ1) is 28.0. The lowest BCUT2D eigenvalue weighted by molar-refractivity contribution is -0.0463. The molecule has 0 saturated carbocycles. The molecular formula is C30H32N3O6. The molecule has 3 N–H and O–H groups in total. The Balaban J connectivity index is 0.00000172. The largest absolute Gasteiger partial charge is 0.394 e. The summed E-state index contributed by atoms with van der Waals surface area (Å²) < 4.78 is 8.06. The maximum absolute atomic E-state index is 13.8. The van der Waals surface area contributed by atoms with Gasteiger partial charge in [-0.3, -0.25) is 14.8 Å². The molecule has 3 atom stereocenters. The highest BCUT2D eigenvalue weighted by Crippen LogP contribution is 2.37. The SMILES string of the molecule is C[O].Cc1cn(C2C[C@H](O)[C@@H](CO)O2)c(=O)n(NC(c2ccccc2)(c2ccccc2)c2ccccc2)c1=O. The fourth-order valence-corrected chi connectivity index (χ4v) is 4.98. The van der Waals surface area contributed by atoms with E-state index in [-0.39, 0.29) is 13.0 Å². The van der Waals surface area contributed by atoms with Gasteiger partial charge in [0.1, 0.15) is 17.9 Å². The normalized spacial score (nSPS) is 18.7. The Morgan fingerprint density at radius 1 is 0.872 bits per heavy atom. The summed E-state index contributed by atoms with van der Waals surface area (Å²) in [7, 11) is 0.750. The van der Waals surface area contributed by atoms with Crippen LogP contribution in [-0.4, -0.2) is 45.4 Å². The third-order valence-electron chi connectivity index (χ3n) is 6.88. The van der Waals surface area contributed by atoms with Gasteiger partial charge in [0.05, 0.1) is 19.8 Å². The van der Waals surface area contributed by atoms with Gasteiger partial charge in [-0.15, -0.1) is 0 Å². The predicted octanol–water partition coefficient (Wildman–Crippen LogP) is 2.54. The second kappa shape index (κ2) is 12.2. The first-order valence-corrected chi connectivity index (χ1v) is 12.6. The minimum atomic E-state index is -1.10. The van der Waals surface area contributed by atoms with E-state index in [9.17, 15) is 19.8 Å². The molecule has 1 aliphatic heterocycles. The molecule has 0 aliphatic carbocycles. The summed E-state index contributed by atoms with van der Waals surface area (Å²) in [6.45, 7) is 1.25. The van der Waals surface area contributed by atoms with Gasteiger partial charge < -0.3 is 14.9 Å². The van der Waals surface area contributed by atoms with Crippen LogP contribution in [0.5, 0.6) is 0 Å². The monoisotopic (exact) mass is 530 g/mol. The molecule has 9 nitrogen and oxygen atoms in total. The number of aliphatic hydroxyl groups is 2. The summed E-state index contributed by atoms with van der Waals surface area (Å²) in [6, 6.07) is 28.9. The zero-order valence-electron chi connectivity index (χ0n) is 21.8. The van der Waals surface area contributed by atoms with E-state index in [0.29, 0.717) is 5.56 Å². The van der Waals surface area contributed by atoms with Crippen LogP contribution in [0.15, 0.2) is 107 Å². The Hall–Kier alpha value is -4.02. The molecule has 1 aliphatic rings. The maximum Gasteiger partial charge on any atom is 0.352 e. The average Bonchev–Trinajstić information content (AvgIpc) is 3.38. The molecule has 0 bridgehead atoms. The van der Waals surface area contributed by atoms with Crippen molar-refractivity contribution in [3.8, 4) is 0 Å². The van der Waals surface area contributed by atoms with Crippen molar-refractivity contribution < 1.29 is 20.1 Å². The van der Waals surface area contributed by atoms with Crippen molar-refractivity contribution in [2.45, 2.75) is 37.3 Å². The minimum Gasteiger partial charge on any atom is -0.394 e. The van der Waals surface area contributed by atoms with E-state index in [1.165, 1.54) is 10.8 Å². The fourth-order valence-electron chi connectivity index (χ4n) is 4.98. The number of hydrogen-bond donors (Lipinski definition) is 3. The topological polar surface area (TPSA) is 126 Å². The third-order valence-corrected chi connectivity index (χ3v) is 6.88. The Morgan fingerprint density at radius 2 is 1.33 bits per heavy atom. The number of aromatic nitrogens is 2. The molecule has 203 valence electrons. The molecule has 3 aromatic carbocycles. The van der Waals surface area contributed by atoms with Crippen LogP contribution in [0.2, 0.25) is 0 Å². The molecule has 1 radical (unpaired) electrons. The lowest BCUT2D eigenvalue weighted by Crippen LogP contribution is -2.54. The zero-order chi connectivity index (χ0) is 28.0. The van der Waals surface area contributed by atoms with E-state index in [4.69, 9.17) is 9.84 Å². The van der Waals surface area contributed by atoms with Gasteiger partial charge in [0.25, 0.3) is 5.56 Å². The van der Waals surface area contributed by atoms with Crippen molar-refractivity contribution in [2.24, 2.45) is 0 Å². The lowest BCUT2D eigenvalue weighted by Gasteiger charge is -2.37. The molecular weight excluding hydrogens is 498 g/mol. The molecule has 0 amide bonds. The number of nitrogens with one attached hydrogen (secondary N) is 1. The standard InChI is InChI=1S/C29H29N3O5.CH3O/c1-20-18-31(26-17-24(34)25(19-33)37-26)28(36)32(27(20)35)30-29(21-11-5-2-6-12-21,22-13-7-3-8-14-22)23-15-9-4-10-16-23;1-2/h2-16,18,24-26,30,33-34H,17,19H2,1H3;1H3/t24-,25+,26?;/m0./s1. The fraction of sp³-hybridized carbons (Fsp3) is 0.267. The van der Waals surface area contributed by atoms with E-state index in [2.05, 4.69) is 5.43 Å².